The zero-order valence-corrected chi connectivity index (χ0v) is 20.2. The summed E-state index contributed by atoms with van der Waals surface area (Å²) >= 11 is 0. The molecule has 11 heteroatoms. The third-order valence-corrected chi connectivity index (χ3v) is 5.86. The van der Waals surface area contributed by atoms with E-state index in [1.54, 1.807) is 12.1 Å². The lowest BCUT2D eigenvalue weighted by molar-refractivity contribution is -0.139. The van der Waals surface area contributed by atoms with Crippen LogP contribution >= 0.6 is 12.4 Å². The molecule has 0 aliphatic heterocycles. The highest BCUT2D eigenvalue weighted by molar-refractivity contribution is 5.85. The molecule has 1 aliphatic rings. The van der Waals surface area contributed by atoms with Crippen molar-refractivity contribution < 1.29 is 32.3 Å². The van der Waals surface area contributed by atoms with Crippen LogP contribution in [-0.4, -0.2) is 33.9 Å². The molecule has 1 saturated carbocycles. The Bertz CT molecular complexity index is 1150. The molecule has 0 saturated heterocycles. The van der Waals surface area contributed by atoms with Crippen LogP contribution in [0.3, 0.4) is 0 Å². The molecule has 2 aromatic carbocycles. The van der Waals surface area contributed by atoms with Crippen LogP contribution in [0.4, 0.5) is 13.2 Å². The maximum atomic E-state index is 13.8. The Hall–Kier alpha value is -3.11. The number of carboxylic acids is 1. The molecule has 4 rings (SSSR count). The van der Waals surface area contributed by atoms with Crippen molar-refractivity contribution in [2.24, 2.45) is 0 Å². The van der Waals surface area contributed by atoms with Crippen molar-refractivity contribution in [2.45, 2.75) is 57.3 Å². The average molecular weight is 526 g/mol. The number of nitrogens with zero attached hydrogens (tertiary/aromatic N) is 2. The van der Waals surface area contributed by atoms with Crippen molar-refractivity contribution in [3.63, 3.8) is 0 Å². The van der Waals surface area contributed by atoms with E-state index in [1.165, 1.54) is 12.1 Å². The van der Waals surface area contributed by atoms with Crippen LogP contribution in [-0.2, 0) is 17.5 Å². The molecule has 2 N–H and O–H groups in total. The van der Waals surface area contributed by atoms with Gasteiger partial charge in [0.1, 0.15) is 5.75 Å². The molecular weight excluding hydrogens is 499 g/mol. The van der Waals surface area contributed by atoms with Crippen LogP contribution in [0.15, 0.2) is 47.0 Å². The second kappa shape index (κ2) is 12.2. The first-order valence-corrected chi connectivity index (χ1v) is 11.5. The summed E-state index contributed by atoms with van der Waals surface area (Å²) in [7, 11) is 0. The van der Waals surface area contributed by atoms with E-state index in [0.29, 0.717) is 18.7 Å². The standard InChI is InChI=1S/C25H26F3N3O4.ClH/c26-25(27,28)20-14-18(10-11-21(20)34-19-4-2-1-3-5-19)24-30-23(31-35-24)17-8-6-16(7-9-17)15-29-13-12-22(32)33;/h6-11,14,19,29H,1-5,12-13,15H2,(H,32,33);1H. The SMILES string of the molecule is Cl.O=C(O)CCNCc1ccc(-c2noc(-c3ccc(OC4CCCCC4)c(C(F)(F)F)c3)n2)cc1. The quantitative estimate of drug-likeness (QED) is 0.325. The minimum atomic E-state index is -4.59. The van der Waals surface area contributed by atoms with E-state index < -0.39 is 17.7 Å². The fourth-order valence-electron chi connectivity index (χ4n) is 4.01. The zero-order chi connectivity index (χ0) is 24.8. The fourth-order valence-corrected chi connectivity index (χ4v) is 4.01. The number of benzene rings is 2. The smallest absolute Gasteiger partial charge is 0.419 e. The number of ether oxygens (including phenoxy) is 1. The van der Waals surface area contributed by atoms with Crippen molar-refractivity contribution in [1.29, 1.82) is 0 Å². The van der Waals surface area contributed by atoms with Gasteiger partial charge in [0.05, 0.1) is 18.1 Å². The number of rotatable bonds is 9. The number of hydrogen-bond donors (Lipinski definition) is 2. The van der Waals surface area contributed by atoms with Crippen LogP contribution in [0.5, 0.6) is 5.75 Å². The summed E-state index contributed by atoms with van der Waals surface area (Å²) < 4.78 is 52.3. The van der Waals surface area contributed by atoms with Gasteiger partial charge >= 0.3 is 12.1 Å². The van der Waals surface area contributed by atoms with Crippen molar-refractivity contribution in [3.05, 3.63) is 53.6 Å². The number of alkyl halides is 3. The molecule has 0 unspecified atom stereocenters. The fraction of sp³-hybridized carbons (Fsp3) is 0.400. The Morgan fingerprint density at radius 3 is 2.44 bits per heavy atom. The molecule has 1 heterocycles. The highest BCUT2D eigenvalue weighted by Crippen LogP contribution is 2.40. The van der Waals surface area contributed by atoms with Crippen molar-refractivity contribution in [1.82, 2.24) is 15.5 Å². The summed E-state index contributed by atoms with van der Waals surface area (Å²) in [6.45, 7) is 0.857. The lowest BCUT2D eigenvalue weighted by Gasteiger charge is -2.25. The number of aliphatic carboxylic acids is 1. The summed E-state index contributed by atoms with van der Waals surface area (Å²) in [5, 5.41) is 15.6. The highest BCUT2D eigenvalue weighted by Gasteiger charge is 2.36. The molecular formula is C25H27ClF3N3O4. The Kier molecular flexibility index (Phi) is 9.33. The van der Waals surface area contributed by atoms with Gasteiger partial charge in [0.15, 0.2) is 0 Å². The number of aromatic nitrogens is 2. The molecule has 7 nitrogen and oxygen atoms in total. The molecule has 1 fully saturated rings. The van der Waals surface area contributed by atoms with Gasteiger partial charge in [0.25, 0.3) is 5.89 Å². The summed E-state index contributed by atoms with van der Waals surface area (Å²) in [5.41, 5.74) is 0.875. The van der Waals surface area contributed by atoms with Crippen molar-refractivity contribution in [2.75, 3.05) is 6.54 Å². The average Bonchev–Trinajstić information content (AvgIpc) is 3.33. The zero-order valence-electron chi connectivity index (χ0n) is 19.4. The lowest BCUT2D eigenvalue weighted by atomic mass is 9.97. The molecule has 0 radical (unpaired) electrons. The predicted octanol–water partition coefficient (Wildman–Crippen LogP) is 6.12. The van der Waals surface area contributed by atoms with E-state index in [0.717, 1.165) is 43.7 Å². The van der Waals surface area contributed by atoms with Crippen molar-refractivity contribution in [3.8, 4) is 28.6 Å². The van der Waals surface area contributed by atoms with Gasteiger partial charge in [-0.3, -0.25) is 4.79 Å². The molecule has 0 amide bonds. The first-order chi connectivity index (χ1) is 16.8. The monoisotopic (exact) mass is 525 g/mol. The Morgan fingerprint density at radius 2 is 1.78 bits per heavy atom. The van der Waals surface area contributed by atoms with Crippen LogP contribution in [0.2, 0.25) is 0 Å². The van der Waals surface area contributed by atoms with E-state index >= 15 is 0 Å². The first-order valence-electron chi connectivity index (χ1n) is 11.5. The predicted molar refractivity (Wildman–Crippen MR) is 129 cm³/mol. The van der Waals surface area contributed by atoms with Gasteiger partial charge in [0.2, 0.25) is 5.82 Å². The van der Waals surface area contributed by atoms with E-state index in [2.05, 4.69) is 15.5 Å². The number of nitrogens with one attached hydrogen (secondary N) is 1. The topological polar surface area (TPSA) is 97.5 Å². The Labute approximate surface area is 212 Å². The van der Waals surface area contributed by atoms with Gasteiger partial charge in [-0.2, -0.15) is 18.2 Å². The van der Waals surface area contributed by atoms with Gasteiger partial charge < -0.3 is 19.7 Å². The Balaban J connectivity index is 0.00000361. The van der Waals surface area contributed by atoms with E-state index in [-0.39, 0.29) is 48.0 Å². The summed E-state index contributed by atoms with van der Waals surface area (Å²) in [6, 6.07) is 11.0. The Morgan fingerprint density at radius 1 is 1.08 bits per heavy atom. The highest BCUT2D eigenvalue weighted by atomic mass is 35.5. The van der Waals surface area contributed by atoms with Crippen LogP contribution < -0.4 is 10.1 Å². The molecule has 36 heavy (non-hydrogen) atoms. The van der Waals surface area contributed by atoms with Gasteiger partial charge in [-0.15, -0.1) is 12.4 Å². The van der Waals surface area contributed by atoms with E-state index in [9.17, 15) is 18.0 Å². The van der Waals surface area contributed by atoms with Crippen molar-refractivity contribution >= 4 is 18.4 Å². The normalized spacial score (nSPS) is 14.3. The number of halogens is 4. The summed E-state index contributed by atoms with van der Waals surface area (Å²) in [4.78, 5) is 14.8. The van der Waals surface area contributed by atoms with Crippen LogP contribution in [0.1, 0.15) is 49.7 Å². The molecule has 0 atom stereocenters. The molecule has 194 valence electrons. The molecule has 1 aliphatic carbocycles. The maximum absolute atomic E-state index is 13.8. The maximum Gasteiger partial charge on any atom is 0.419 e. The third kappa shape index (κ3) is 7.20. The number of carbonyl (C=O) groups is 1. The number of hydrogen-bond acceptors (Lipinski definition) is 6. The van der Waals surface area contributed by atoms with Crippen LogP contribution in [0.25, 0.3) is 22.8 Å². The largest absolute Gasteiger partial charge is 0.490 e. The second-order valence-electron chi connectivity index (χ2n) is 8.53. The van der Waals surface area contributed by atoms with Gasteiger partial charge in [-0.1, -0.05) is 35.8 Å². The van der Waals surface area contributed by atoms with Crippen LogP contribution in [0, 0.1) is 0 Å². The third-order valence-electron chi connectivity index (χ3n) is 5.86. The number of carboxylic acid groups (broad SMARTS) is 1. The second-order valence-corrected chi connectivity index (χ2v) is 8.53. The lowest BCUT2D eigenvalue weighted by Crippen LogP contribution is -2.21. The molecule has 3 aromatic rings. The van der Waals surface area contributed by atoms with Gasteiger partial charge in [-0.05, 0) is 49.4 Å². The minimum absolute atomic E-state index is 0. The van der Waals surface area contributed by atoms with E-state index in [1.807, 2.05) is 12.1 Å². The first kappa shape index (κ1) is 27.5. The molecule has 1 aromatic heterocycles. The summed E-state index contributed by atoms with van der Waals surface area (Å²) in [6.07, 6.45) is -0.261. The molecule has 0 bridgehead atoms. The minimum Gasteiger partial charge on any atom is -0.490 e. The molecule has 0 spiro atoms. The summed E-state index contributed by atoms with van der Waals surface area (Å²) in [5.74, 6) is -0.814. The van der Waals surface area contributed by atoms with Gasteiger partial charge in [-0.25, -0.2) is 0 Å². The van der Waals surface area contributed by atoms with E-state index in [4.69, 9.17) is 14.4 Å². The van der Waals surface area contributed by atoms with Gasteiger partial charge in [0, 0.05) is 24.2 Å².